The number of nitrogens with one attached hydrogen (secondary N) is 1. The Morgan fingerprint density at radius 3 is 2.72 bits per heavy atom. The third kappa shape index (κ3) is 6.01. The molecule has 0 saturated heterocycles. The Hall–Kier alpha value is -2.45. The van der Waals surface area contributed by atoms with Crippen molar-refractivity contribution in [2.75, 3.05) is 6.54 Å². The maximum Gasteiger partial charge on any atom is 0.490 e. The number of aromatic nitrogens is 3. The molecule has 0 amide bonds. The van der Waals surface area contributed by atoms with Crippen molar-refractivity contribution >= 4 is 16.0 Å². The van der Waals surface area contributed by atoms with Crippen molar-refractivity contribution < 1.29 is 35.9 Å². The molecule has 0 saturated carbocycles. The topological polar surface area (TPSA) is 155 Å². The number of alkyl halides is 3. The van der Waals surface area contributed by atoms with Crippen molar-refractivity contribution in [1.82, 2.24) is 19.5 Å². The molecule has 1 unspecified atom stereocenters. The van der Waals surface area contributed by atoms with Gasteiger partial charge in [-0.25, -0.2) is 18.2 Å². The summed E-state index contributed by atoms with van der Waals surface area (Å²) in [5.41, 5.74) is 7.85. The Kier molecular flexibility index (Phi) is 7.02. The summed E-state index contributed by atoms with van der Waals surface area (Å²) >= 11 is 0. The Labute approximate surface area is 163 Å². The molecule has 2 aromatic heterocycles. The fourth-order valence-corrected chi connectivity index (χ4v) is 4.30. The number of fused-ring (bicyclic) bond motifs is 1. The molecule has 14 heteroatoms. The van der Waals surface area contributed by atoms with E-state index in [0.717, 1.165) is 17.7 Å². The third-order valence-electron chi connectivity index (χ3n) is 4.09. The zero-order chi connectivity index (χ0) is 21.8. The van der Waals surface area contributed by atoms with E-state index in [1.807, 2.05) is 6.92 Å². The highest BCUT2D eigenvalue weighted by Crippen LogP contribution is 2.24. The van der Waals surface area contributed by atoms with Crippen LogP contribution in [0.3, 0.4) is 0 Å². The van der Waals surface area contributed by atoms with Gasteiger partial charge in [-0.1, -0.05) is 6.92 Å². The van der Waals surface area contributed by atoms with E-state index in [-0.39, 0.29) is 18.2 Å². The van der Waals surface area contributed by atoms with Crippen LogP contribution in [0.2, 0.25) is 0 Å². The van der Waals surface area contributed by atoms with Crippen molar-refractivity contribution in [3.8, 4) is 0 Å². The molecule has 4 N–H and O–H groups in total. The van der Waals surface area contributed by atoms with Gasteiger partial charge in [0.15, 0.2) is 6.39 Å². The quantitative estimate of drug-likeness (QED) is 0.637. The lowest BCUT2D eigenvalue weighted by Crippen LogP contribution is -2.34. The van der Waals surface area contributed by atoms with Crippen LogP contribution in [0.5, 0.6) is 0 Å². The summed E-state index contributed by atoms with van der Waals surface area (Å²) in [5.74, 6) is -2.33. The first-order valence-corrected chi connectivity index (χ1v) is 9.95. The second kappa shape index (κ2) is 8.92. The van der Waals surface area contributed by atoms with Gasteiger partial charge in [-0.3, -0.25) is 5.10 Å². The average molecular weight is 439 g/mol. The Balaban J connectivity index is 0.000000370. The zero-order valence-corrected chi connectivity index (χ0v) is 16.1. The van der Waals surface area contributed by atoms with E-state index in [4.69, 9.17) is 20.1 Å². The summed E-state index contributed by atoms with van der Waals surface area (Å²) < 4.78 is 63.8. The molecular formula is C15H20F3N5O5S. The van der Waals surface area contributed by atoms with E-state index >= 15 is 0 Å². The number of nitrogens with two attached hydrogens (primary N) is 1. The van der Waals surface area contributed by atoms with Gasteiger partial charge in [0, 0.05) is 24.3 Å². The van der Waals surface area contributed by atoms with Crippen LogP contribution in [0.25, 0.3) is 0 Å². The van der Waals surface area contributed by atoms with Crippen LogP contribution >= 0.6 is 0 Å². The molecule has 0 spiro atoms. The number of hydrogen-bond acceptors (Lipinski definition) is 7. The Bertz CT molecular complexity index is 940. The monoisotopic (exact) mass is 439 g/mol. The molecule has 10 nitrogen and oxygen atoms in total. The number of carboxylic acid groups (broad SMARTS) is 1. The van der Waals surface area contributed by atoms with Crippen molar-refractivity contribution in [3.63, 3.8) is 0 Å². The molecule has 0 fully saturated rings. The largest absolute Gasteiger partial charge is 0.490 e. The summed E-state index contributed by atoms with van der Waals surface area (Å²) in [6, 6.07) is 0. The maximum absolute atomic E-state index is 12.7. The molecule has 0 aromatic carbocycles. The number of hydrogen-bond donors (Lipinski definition) is 3. The van der Waals surface area contributed by atoms with Gasteiger partial charge < -0.3 is 15.3 Å². The molecule has 0 radical (unpaired) electrons. The number of aromatic amines is 1. The van der Waals surface area contributed by atoms with Crippen molar-refractivity contribution in [2.24, 2.45) is 11.7 Å². The molecule has 3 rings (SSSR count). The lowest BCUT2D eigenvalue weighted by Gasteiger charge is -2.22. The fraction of sp³-hybridized carbons (Fsp3) is 0.533. The van der Waals surface area contributed by atoms with E-state index in [1.54, 1.807) is 6.20 Å². The minimum absolute atomic E-state index is 0.132. The van der Waals surface area contributed by atoms with Crippen LogP contribution in [0, 0.1) is 5.92 Å². The van der Waals surface area contributed by atoms with E-state index in [0.29, 0.717) is 24.5 Å². The molecule has 0 aliphatic carbocycles. The Morgan fingerprint density at radius 1 is 1.48 bits per heavy atom. The molecule has 1 atom stereocenters. The van der Waals surface area contributed by atoms with E-state index < -0.39 is 22.2 Å². The summed E-state index contributed by atoms with van der Waals surface area (Å²) in [6.07, 6.45) is -1.37. The number of aliphatic carboxylic acids is 1. The predicted molar refractivity (Wildman–Crippen MR) is 92.6 cm³/mol. The first kappa shape index (κ1) is 22.8. The van der Waals surface area contributed by atoms with Gasteiger partial charge in [-0.2, -0.15) is 22.6 Å². The standard InChI is InChI=1S/C13H19N5O3S.C2HF3O2/c1-9-2-11-10(4-16-17-11)6-18(5-9)22(19,20)7-12-13(3-14)21-8-15-12;3-2(4,5)1(6)7/h4,8-9H,2-3,5-7,14H2,1H3,(H,16,17);(H,6,7). The van der Waals surface area contributed by atoms with E-state index in [9.17, 15) is 21.6 Å². The molecule has 1 aliphatic heterocycles. The van der Waals surface area contributed by atoms with Gasteiger partial charge in [0.05, 0.1) is 18.4 Å². The SMILES string of the molecule is CC1Cc2[nH]ncc2CN(S(=O)(=O)Cc2ncoc2CN)C1.O=C(O)C(F)(F)F. The van der Waals surface area contributed by atoms with Gasteiger partial charge in [0.2, 0.25) is 10.0 Å². The minimum atomic E-state index is -5.08. The zero-order valence-electron chi connectivity index (χ0n) is 15.3. The van der Waals surface area contributed by atoms with Crippen LogP contribution in [0.15, 0.2) is 17.0 Å². The van der Waals surface area contributed by atoms with E-state index in [1.165, 1.54) is 10.7 Å². The van der Waals surface area contributed by atoms with Crippen LogP contribution < -0.4 is 5.73 Å². The number of rotatable bonds is 4. The normalized spacial score (nSPS) is 17.8. The lowest BCUT2D eigenvalue weighted by atomic mass is 10.1. The first-order chi connectivity index (χ1) is 13.4. The highest BCUT2D eigenvalue weighted by molar-refractivity contribution is 7.88. The number of H-pyrrole nitrogens is 1. The number of carbonyl (C=O) groups is 1. The Morgan fingerprint density at radius 2 is 2.14 bits per heavy atom. The van der Waals surface area contributed by atoms with Crippen LogP contribution in [0.4, 0.5) is 13.2 Å². The highest BCUT2D eigenvalue weighted by atomic mass is 32.2. The second-order valence-electron chi connectivity index (χ2n) is 6.46. The highest BCUT2D eigenvalue weighted by Gasteiger charge is 2.38. The van der Waals surface area contributed by atoms with Crippen molar-refractivity contribution in [3.05, 3.63) is 35.3 Å². The summed E-state index contributed by atoms with van der Waals surface area (Å²) in [6.45, 7) is 2.96. The maximum atomic E-state index is 12.7. The molecule has 2 aromatic rings. The van der Waals surface area contributed by atoms with Crippen molar-refractivity contribution in [1.29, 1.82) is 0 Å². The summed E-state index contributed by atoms with van der Waals surface area (Å²) in [5, 5.41) is 14.1. The second-order valence-corrected chi connectivity index (χ2v) is 8.43. The number of oxazole rings is 1. The summed E-state index contributed by atoms with van der Waals surface area (Å²) in [4.78, 5) is 12.9. The predicted octanol–water partition coefficient (Wildman–Crippen LogP) is 1.01. The molecule has 1 aliphatic rings. The molecule has 29 heavy (non-hydrogen) atoms. The minimum Gasteiger partial charge on any atom is -0.475 e. The molecule has 3 heterocycles. The summed E-state index contributed by atoms with van der Waals surface area (Å²) in [7, 11) is -3.50. The molecule has 162 valence electrons. The number of nitrogens with zero attached hydrogens (tertiary/aromatic N) is 3. The number of halogens is 3. The number of carboxylic acids is 1. The van der Waals surface area contributed by atoms with Crippen LogP contribution in [-0.2, 0) is 40.1 Å². The molecule has 0 bridgehead atoms. The first-order valence-electron chi connectivity index (χ1n) is 8.34. The van der Waals surface area contributed by atoms with E-state index in [2.05, 4.69) is 15.2 Å². The van der Waals surface area contributed by atoms with Gasteiger partial charge in [0.25, 0.3) is 0 Å². The third-order valence-corrected chi connectivity index (χ3v) is 5.79. The lowest BCUT2D eigenvalue weighted by molar-refractivity contribution is -0.192. The number of sulfonamides is 1. The van der Waals surface area contributed by atoms with Gasteiger partial charge in [-0.15, -0.1) is 0 Å². The molecular weight excluding hydrogens is 419 g/mol. The van der Waals surface area contributed by atoms with Gasteiger partial charge >= 0.3 is 12.1 Å². The van der Waals surface area contributed by atoms with Crippen molar-refractivity contribution in [2.45, 2.75) is 38.4 Å². The van der Waals surface area contributed by atoms with Crippen LogP contribution in [0.1, 0.15) is 29.6 Å². The van der Waals surface area contributed by atoms with Crippen LogP contribution in [-0.4, -0.2) is 51.7 Å². The smallest absolute Gasteiger partial charge is 0.475 e. The fourth-order valence-electron chi connectivity index (χ4n) is 2.72. The average Bonchev–Trinajstić information content (AvgIpc) is 3.19. The van der Waals surface area contributed by atoms with Gasteiger partial charge in [0.1, 0.15) is 11.5 Å². The van der Waals surface area contributed by atoms with Gasteiger partial charge in [-0.05, 0) is 12.3 Å².